The minimum absolute atomic E-state index is 0.625. The molecule has 1 aliphatic heterocycles. The van der Waals surface area contributed by atoms with Crippen molar-refractivity contribution in [3.63, 3.8) is 0 Å². The van der Waals surface area contributed by atoms with Crippen LogP contribution in [-0.4, -0.2) is 5.25 Å². The largest absolute Gasteiger partial charge is 0.144 e. The highest BCUT2D eigenvalue weighted by Crippen LogP contribution is 2.44. The third-order valence-corrected chi connectivity index (χ3v) is 12.8. The summed E-state index contributed by atoms with van der Waals surface area (Å²) in [5.74, 6) is 15.6. The molecule has 0 saturated heterocycles. The van der Waals surface area contributed by atoms with Gasteiger partial charge in [-0.2, -0.15) is 0 Å². The Balaban J connectivity index is 1.26. The van der Waals surface area contributed by atoms with Gasteiger partial charge < -0.3 is 0 Å². The molecule has 0 N–H and O–H groups in total. The fourth-order valence-electron chi connectivity index (χ4n) is 7.80. The molecule has 5 rings (SSSR count). The molecule has 0 fully saturated rings. The summed E-state index contributed by atoms with van der Waals surface area (Å²) in [6.45, 7) is 4.60. The zero-order chi connectivity index (χ0) is 33.2. The number of benzene rings is 2. The second kappa shape index (κ2) is 21.2. The van der Waals surface area contributed by atoms with E-state index in [0.717, 1.165) is 25.7 Å². The zero-order valence-electron chi connectivity index (χ0n) is 30.4. The van der Waals surface area contributed by atoms with E-state index in [1.165, 1.54) is 172 Å². The molecule has 3 aromatic rings. The first kappa shape index (κ1) is 37.1. The predicted molar refractivity (Wildman–Crippen MR) is 217 cm³/mol. The molecule has 2 heterocycles. The minimum atomic E-state index is 0.625. The Kier molecular flexibility index (Phi) is 16.4. The Morgan fingerprint density at radius 1 is 0.604 bits per heavy atom. The van der Waals surface area contributed by atoms with Crippen molar-refractivity contribution in [1.82, 2.24) is 0 Å². The molecule has 2 atom stereocenters. The Labute approximate surface area is 302 Å². The van der Waals surface area contributed by atoms with Gasteiger partial charge in [0.25, 0.3) is 0 Å². The summed E-state index contributed by atoms with van der Waals surface area (Å²) in [6, 6.07) is 7.16. The lowest BCUT2D eigenvalue weighted by Gasteiger charge is -2.30. The number of allylic oxidation sites excluding steroid dienone is 1. The van der Waals surface area contributed by atoms with Crippen LogP contribution in [0, 0.1) is 29.6 Å². The second-order valence-corrected chi connectivity index (χ2v) is 16.7. The smallest absolute Gasteiger partial charge is 0.0360 e. The summed E-state index contributed by atoms with van der Waals surface area (Å²) in [5, 5.41) is 9.27. The van der Waals surface area contributed by atoms with Crippen molar-refractivity contribution in [2.24, 2.45) is 5.92 Å². The second-order valence-electron chi connectivity index (χ2n) is 14.6. The molecule has 0 spiro atoms. The van der Waals surface area contributed by atoms with Crippen LogP contribution in [-0.2, 0) is 12.8 Å². The molecule has 0 saturated carbocycles. The van der Waals surface area contributed by atoms with E-state index in [-0.39, 0.29) is 0 Å². The molecule has 1 aromatic heterocycles. The van der Waals surface area contributed by atoms with E-state index in [1.54, 1.807) is 0 Å². The molecule has 0 radical (unpaired) electrons. The normalized spacial score (nSPS) is 16.5. The van der Waals surface area contributed by atoms with Crippen LogP contribution in [0.3, 0.4) is 0 Å². The Hall–Kier alpha value is -2.13. The maximum Gasteiger partial charge on any atom is 0.0360 e. The number of hydrogen-bond donors (Lipinski definition) is 0. The van der Waals surface area contributed by atoms with Crippen LogP contribution in [0.1, 0.15) is 177 Å². The number of fused-ring (bicyclic) bond motifs is 4. The average Bonchev–Trinajstić information content (AvgIpc) is 3.77. The zero-order valence-corrected chi connectivity index (χ0v) is 32.0. The Morgan fingerprint density at radius 3 is 1.67 bits per heavy atom. The van der Waals surface area contributed by atoms with Crippen LogP contribution >= 0.6 is 23.1 Å². The van der Waals surface area contributed by atoms with E-state index in [9.17, 15) is 0 Å². The monoisotopic (exact) mass is 678 g/mol. The van der Waals surface area contributed by atoms with Crippen molar-refractivity contribution in [2.75, 3.05) is 0 Å². The van der Waals surface area contributed by atoms with Gasteiger partial charge in [0.15, 0.2) is 0 Å². The molecule has 258 valence electrons. The summed E-state index contributed by atoms with van der Waals surface area (Å²) in [4.78, 5) is 0. The molecular formula is C46H62S2. The first-order valence-electron chi connectivity index (χ1n) is 20.1. The highest BCUT2D eigenvalue weighted by Gasteiger charge is 2.33. The van der Waals surface area contributed by atoms with E-state index < -0.39 is 0 Å². The molecule has 2 unspecified atom stereocenters. The lowest BCUT2D eigenvalue weighted by atomic mass is 9.77. The van der Waals surface area contributed by atoms with Gasteiger partial charge in [0.2, 0.25) is 0 Å². The SMILES string of the molecule is CCCCCCCCCCCCC#Cc1c2c(c(C#CCCCCCCCCCCCC)c3cc4ccsc4cc13)CC1SC=CC1C2. The topological polar surface area (TPSA) is 0 Å². The first-order valence-corrected chi connectivity index (χ1v) is 21.9. The molecule has 1 aliphatic carbocycles. The third-order valence-electron chi connectivity index (χ3n) is 10.7. The van der Waals surface area contributed by atoms with E-state index >= 15 is 0 Å². The summed E-state index contributed by atoms with van der Waals surface area (Å²) in [6.07, 6.45) is 34.2. The molecule has 2 heteroatoms. The van der Waals surface area contributed by atoms with E-state index in [4.69, 9.17) is 0 Å². The minimum Gasteiger partial charge on any atom is -0.144 e. The number of thioether (sulfide) groups is 1. The quantitative estimate of drug-likeness (QED) is 0.0846. The van der Waals surface area contributed by atoms with Gasteiger partial charge in [-0.25, -0.2) is 0 Å². The van der Waals surface area contributed by atoms with Gasteiger partial charge >= 0.3 is 0 Å². The lowest BCUT2D eigenvalue weighted by molar-refractivity contribution is 0.558. The first-order chi connectivity index (χ1) is 23.8. The van der Waals surface area contributed by atoms with Gasteiger partial charge in [-0.15, -0.1) is 23.1 Å². The highest BCUT2D eigenvalue weighted by atomic mass is 32.2. The van der Waals surface area contributed by atoms with Crippen molar-refractivity contribution in [3.05, 3.63) is 57.3 Å². The fourth-order valence-corrected chi connectivity index (χ4v) is 9.75. The molecule has 2 aromatic carbocycles. The average molecular weight is 679 g/mol. The number of rotatable bonds is 20. The van der Waals surface area contributed by atoms with Crippen LogP contribution in [0.2, 0.25) is 0 Å². The van der Waals surface area contributed by atoms with Crippen LogP contribution in [0.5, 0.6) is 0 Å². The van der Waals surface area contributed by atoms with E-state index in [1.807, 2.05) is 23.1 Å². The predicted octanol–water partition coefficient (Wildman–Crippen LogP) is 14.7. The van der Waals surface area contributed by atoms with E-state index in [0.29, 0.717) is 11.2 Å². The molecule has 0 bridgehead atoms. The van der Waals surface area contributed by atoms with Crippen LogP contribution in [0.25, 0.3) is 20.9 Å². The number of thiophene rings is 1. The number of hydrogen-bond acceptors (Lipinski definition) is 2. The summed E-state index contributed by atoms with van der Waals surface area (Å²) < 4.78 is 1.37. The van der Waals surface area contributed by atoms with Gasteiger partial charge in [0.05, 0.1) is 0 Å². The standard InChI is InChI=1S/C46H62S2/c1-3-5-7-9-11-13-15-17-19-21-23-25-27-39-41-33-37-29-31-48-46(37)36-44(41)40(42-34-38-30-32-47-45(38)35-43(39)42)28-26-24-22-20-18-16-14-12-10-8-6-4-2/h29-33,36,38,45H,3-24,34-35H2,1-2H3. The van der Waals surface area contributed by atoms with Crippen molar-refractivity contribution in [2.45, 2.75) is 173 Å². The maximum atomic E-state index is 3.80. The van der Waals surface area contributed by atoms with Gasteiger partial charge in [0, 0.05) is 39.3 Å². The third kappa shape index (κ3) is 10.9. The molecule has 0 amide bonds. The maximum absolute atomic E-state index is 3.80. The molecule has 2 aliphatic rings. The van der Waals surface area contributed by atoms with E-state index in [2.05, 4.69) is 72.6 Å². The van der Waals surface area contributed by atoms with Gasteiger partial charge in [-0.3, -0.25) is 0 Å². The van der Waals surface area contributed by atoms with Crippen molar-refractivity contribution in [3.8, 4) is 23.7 Å². The summed E-state index contributed by atoms with van der Waals surface area (Å²) in [5.41, 5.74) is 5.64. The molecule has 0 nitrogen and oxygen atoms in total. The van der Waals surface area contributed by atoms with Crippen LogP contribution < -0.4 is 0 Å². The van der Waals surface area contributed by atoms with Crippen molar-refractivity contribution in [1.29, 1.82) is 0 Å². The molecular weight excluding hydrogens is 617 g/mol. The van der Waals surface area contributed by atoms with Crippen molar-refractivity contribution >= 4 is 44.0 Å². The lowest BCUT2D eigenvalue weighted by Crippen LogP contribution is -2.25. The van der Waals surface area contributed by atoms with Crippen LogP contribution in [0.4, 0.5) is 0 Å². The fraction of sp³-hybridized carbons (Fsp3) is 0.609. The number of unbranched alkanes of at least 4 members (excludes halogenated alkanes) is 20. The highest BCUT2D eigenvalue weighted by molar-refractivity contribution is 8.03. The van der Waals surface area contributed by atoms with Gasteiger partial charge in [-0.05, 0) is 82.5 Å². The van der Waals surface area contributed by atoms with Crippen molar-refractivity contribution < 1.29 is 0 Å². The Morgan fingerprint density at radius 2 is 1.10 bits per heavy atom. The molecule has 48 heavy (non-hydrogen) atoms. The van der Waals surface area contributed by atoms with Crippen LogP contribution in [0.15, 0.2) is 35.1 Å². The summed E-state index contributed by atoms with van der Waals surface area (Å²) >= 11 is 3.89. The summed E-state index contributed by atoms with van der Waals surface area (Å²) in [7, 11) is 0. The Bertz CT molecular complexity index is 1560. The van der Waals surface area contributed by atoms with Gasteiger partial charge in [0.1, 0.15) is 0 Å². The van der Waals surface area contributed by atoms with Gasteiger partial charge in [-0.1, -0.05) is 159 Å².